The number of rotatable bonds is 7. The Hall–Kier alpha value is -0.850. The molecule has 0 unspecified atom stereocenters. The van der Waals surface area contributed by atoms with Crippen molar-refractivity contribution in [3.05, 3.63) is 0 Å². The van der Waals surface area contributed by atoms with Gasteiger partial charge < -0.3 is 89.4 Å². The minimum Gasteiger partial charge on any atom is -0.547 e. The third-order valence-corrected chi connectivity index (χ3v) is 5.97. The van der Waals surface area contributed by atoms with Gasteiger partial charge in [0.2, 0.25) is 0 Å². The molecule has 9 N–H and O–H groups in total. The van der Waals surface area contributed by atoms with Crippen molar-refractivity contribution in [3.63, 3.8) is 0 Å². The van der Waals surface area contributed by atoms with Gasteiger partial charge in [-0.3, -0.25) is 0 Å². The van der Waals surface area contributed by atoms with Crippen molar-refractivity contribution in [1.82, 2.24) is 0 Å². The van der Waals surface area contributed by atoms with Crippen molar-refractivity contribution in [2.45, 2.75) is 92.1 Å². The van der Waals surface area contributed by atoms with Gasteiger partial charge in [-0.2, -0.15) is 0 Å². The molecule has 3 fully saturated rings. The van der Waals surface area contributed by atoms with E-state index in [-0.39, 0.29) is 37.7 Å². The van der Waals surface area contributed by atoms with Gasteiger partial charge in [0.15, 0.2) is 25.0 Å². The van der Waals surface area contributed by atoms with E-state index in [1.165, 1.54) is 0 Å². The fourth-order valence-corrected chi connectivity index (χ4v) is 3.96. The van der Waals surface area contributed by atoms with Crippen molar-refractivity contribution in [3.8, 4) is 0 Å². The molecule has 38 heavy (non-hydrogen) atoms. The monoisotopic (exact) mass is 584 g/mol. The van der Waals surface area contributed by atoms with E-state index in [0.29, 0.717) is 0 Å². The zero-order chi connectivity index (χ0) is 27.9. The van der Waals surface area contributed by atoms with Gasteiger partial charge in [-0.05, 0) is 0 Å². The number of carboxylic acid groups (broad SMARTS) is 3. The number of ether oxygens (including phenoxy) is 5. The van der Waals surface area contributed by atoms with Crippen LogP contribution < -0.4 is 10.2 Å². The summed E-state index contributed by atoms with van der Waals surface area (Å²) in [5.41, 5.74) is 0. The molecular weight excluding hydrogens is 560 g/mol. The number of aliphatic hydroxyl groups is 8. The van der Waals surface area contributed by atoms with Gasteiger partial charge in [-0.15, -0.1) is 0 Å². The third-order valence-electron chi connectivity index (χ3n) is 5.97. The maximum Gasteiger partial charge on any atom is 2.00 e. The molecule has 3 aliphatic rings. The predicted octanol–water partition coefficient (Wildman–Crippen LogP) is -10.3. The summed E-state index contributed by atoms with van der Waals surface area (Å²) in [6.45, 7) is 0. The fraction of sp³-hybridized carbons (Fsp3) is 0.833. The average Bonchev–Trinajstić information content (AvgIpc) is 2.82. The molecular formula is C18H24CaO19. The SMILES string of the molecule is O=C([O-])[C@H]1O[C@H](O)[C@H](O)[C@H](O)[C@H]1O[C@H]1O[C@H](C(=O)O)[C@H](O[C@H]2O[C@@H](C(=O)[O-])[C@H](O)[C@@H](O)[C@H]2O)[C@@H](O)[C@H]1O.[Ca+2]. The minimum absolute atomic E-state index is 0. The summed E-state index contributed by atoms with van der Waals surface area (Å²) in [5.74, 6) is -6.00. The van der Waals surface area contributed by atoms with Crippen molar-refractivity contribution in [2.24, 2.45) is 0 Å². The molecule has 0 aromatic heterocycles. The predicted molar refractivity (Wildman–Crippen MR) is 103 cm³/mol. The Labute approximate surface area is 241 Å². The first-order chi connectivity index (χ1) is 17.2. The molecule has 15 atom stereocenters. The summed E-state index contributed by atoms with van der Waals surface area (Å²) < 4.78 is 24.6. The van der Waals surface area contributed by atoms with Crippen LogP contribution in [0.15, 0.2) is 0 Å². The third kappa shape index (κ3) is 6.54. The topological polar surface area (TPSA) is 326 Å². The van der Waals surface area contributed by atoms with Crippen LogP contribution in [0, 0.1) is 0 Å². The van der Waals surface area contributed by atoms with E-state index in [0.717, 1.165) is 0 Å². The molecule has 3 aliphatic heterocycles. The van der Waals surface area contributed by atoms with E-state index in [1.54, 1.807) is 0 Å². The smallest absolute Gasteiger partial charge is 0.547 e. The average molecular weight is 584 g/mol. The second-order valence-electron chi connectivity index (χ2n) is 8.41. The normalized spacial score (nSPS) is 47.5. The molecule has 3 saturated heterocycles. The van der Waals surface area contributed by atoms with Crippen LogP contribution in [0.25, 0.3) is 0 Å². The summed E-state index contributed by atoms with van der Waals surface area (Å²) in [6.07, 6.45) is -33.3. The molecule has 0 aromatic carbocycles. The first kappa shape index (κ1) is 33.4. The Morgan fingerprint density at radius 2 is 0.974 bits per heavy atom. The van der Waals surface area contributed by atoms with Crippen LogP contribution in [0.4, 0.5) is 0 Å². The second kappa shape index (κ2) is 13.2. The first-order valence-electron chi connectivity index (χ1n) is 10.5. The zero-order valence-electron chi connectivity index (χ0n) is 19.0. The van der Waals surface area contributed by atoms with Crippen LogP contribution in [-0.4, -0.2) is 194 Å². The standard InChI is InChI=1S/C18H26O19.Ca/c19-1-2(20)10(13(26)27)36-17(6(1)24)35-9-4(22)7(25)18(37-12(9)15(30)31)34-8-3(21)5(23)16(32)33-11(8)14(28)29;/h1-12,16-25,32H,(H,26,27)(H,28,29)(H,30,31);/q;+2/p-2/t1-,2-,3+,4+,5-,6-,7-,8-,9-,10-,11+,12+,16+,17+,18+;/m1./s1. The van der Waals surface area contributed by atoms with Crippen LogP contribution in [-0.2, 0) is 38.1 Å². The Bertz CT molecular complexity index is 860. The van der Waals surface area contributed by atoms with Crippen LogP contribution in [0.5, 0.6) is 0 Å². The van der Waals surface area contributed by atoms with Gasteiger partial charge in [-0.1, -0.05) is 0 Å². The van der Waals surface area contributed by atoms with Gasteiger partial charge in [0.1, 0.15) is 67.1 Å². The second-order valence-corrected chi connectivity index (χ2v) is 8.41. The quantitative estimate of drug-likeness (QED) is 0.125. The van der Waals surface area contributed by atoms with Crippen LogP contribution >= 0.6 is 0 Å². The van der Waals surface area contributed by atoms with E-state index in [2.05, 4.69) is 4.74 Å². The summed E-state index contributed by atoms with van der Waals surface area (Å²) in [4.78, 5) is 34.3. The summed E-state index contributed by atoms with van der Waals surface area (Å²) in [6, 6.07) is 0. The van der Waals surface area contributed by atoms with Crippen molar-refractivity contribution >= 4 is 55.6 Å². The molecule has 0 saturated carbocycles. The van der Waals surface area contributed by atoms with Gasteiger partial charge in [0, 0.05) is 0 Å². The van der Waals surface area contributed by atoms with E-state index < -0.39 is 110 Å². The van der Waals surface area contributed by atoms with Gasteiger partial charge in [-0.25, -0.2) is 4.79 Å². The van der Waals surface area contributed by atoms with Crippen LogP contribution in [0.2, 0.25) is 0 Å². The van der Waals surface area contributed by atoms with Crippen molar-refractivity contribution in [1.29, 1.82) is 0 Å². The zero-order valence-corrected chi connectivity index (χ0v) is 21.2. The van der Waals surface area contributed by atoms with Crippen LogP contribution in [0.3, 0.4) is 0 Å². The van der Waals surface area contributed by atoms with Crippen LogP contribution in [0.1, 0.15) is 0 Å². The molecule has 0 aliphatic carbocycles. The molecule has 3 heterocycles. The number of carbonyl (C=O) groups excluding carboxylic acids is 2. The Morgan fingerprint density at radius 3 is 1.45 bits per heavy atom. The van der Waals surface area contributed by atoms with Crippen molar-refractivity contribution in [2.75, 3.05) is 0 Å². The Morgan fingerprint density at radius 1 is 0.553 bits per heavy atom. The molecule has 212 valence electrons. The van der Waals surface area contributed by atoms with Gasteiger partial charge >= 0.3 is 43.7 Å². The molecule has 3 rings (SSSR count). The fourth-order valence-electron chi connectivity index (χ4n) is 3.96. The molecule has 0 aromatic rings. The van der Waals surface area contributed by atoms with E-state index in [1.807, 2.05) is 0 Å². The minimum atomic E-state index is -2.32. The molecule has 0 radical (unpaired) electrons. The largest absolute Gasteiger partial charge is 2.00 e. The van der Waals surface area contributed by atoms with Crippen molar-refractivity contribution < 1.29 is 94.2 Å². The number of hydrogen-bond donors (Lipinski definition) is 9. The molecule has 0 bridgehead atoms. The van der Waals surface area contributed by atoms with Gasteiger partial charge in [0.25, 0.3) is 0 Å². The summed E-state index contributed by atoms with van der Waals surface area (Å²) in [7, 11) is 0. The van der Waals surface area contributed by atoms with Gasteiger partial charge in [0.05, 0.1) is 11.9 Å². The number of aliphatic carboxylic acids is 3. The number of hydrogen-bond acceptors (Lipinski definition) is 18. The Balaban J connectivity index is 0.00000507. The maximum absolute atomic E-state index is 11.8. The maximum atomic E-state index is 11.8. The number of aliphatic hydroxyl groups excluding tert-OH is 8. The molecule has 20 heteroatoms. The molecule has 0 spiro atoms. The van der Waals surface area contributed by atoms with E-state index in [4.69, 9.17) is 18.9 Å². The molecule has 19 nitrogen and oxygen atoms in total. The number of carboxylic acids is 3. The summed E-state index contributed by atoms with van der Waals surface area (Å²) >= 11 is 0. The summed E-state index contributed by atoms with van der Waals surface area (Å²) in [5, 5.41) is 112. The Kier molecular flexibility index (Phi) is 11.6. The van der Waals surface area contributed by atoms with E-state index >= 15 is 0 Å². The number of carbonyl (C=O) groups is 3. The van der Waals surface area contributed by atoms with E-state index in [9.17, 15) is 70.6 Å². The first-order valence-corrected chi connectivity index (χ1v) is 10.5. The molecule has 0 amide bonds.